The first kappa shape index (κ1) is 19.2. The van der Waals surface area contributed by atoms with Crippen LogP contribution in [0.1, 0.15) is 28.5 Å². The monoisotopic (exact) mass is 402 g/mol. The summed E-state index contributed by atoms with van der Waals surface area (Å²) in [5.74, 6) is -0.627. The van der Waals surface area contributed by atoms with Crippen LogP contribution in [0.4, 0.5) is 11.4 Å². The zero-order valence-corrected chi connectivity index (χ0v) is 17.5. The van der Waals surface area contributed by atoms with E-state index in [1.54, 1.807) is 0 Å². The normalized spacial score (nSPS) is 14.1. The van der Waals surface area contributed by atoms with E-state index in [1.165, 1.54) is 16.2 Å². The van der Waals surface area contributed by atoms with Gasteiger partial charge in [0.15, 0.2) is 0 Å². The Morgan fingerprint density at radius 1 is 0.931 bits per heavy atom. The molecule has 0 unspecified atom stereocenters. The molecule has 3 aromatic rings. The Morgan fingerprint density at radius 3 is 2.34 bits per heavy atom. The first-order valence-electron chi connectivity index (χ1n) is 9.60. The van der Waals surface area contributed by atoms with Gasteiger partial charge in [0.05, 0.1) is 11.3 Å². The number of hydrogen-bond acceptors (Lipinski definition) is 4. The van der Waals surface area contributed by atoms with Gasteiger partial charge in [0.1, 0.15) is 5.70 Å². The number of nitrogens with one attached hydrogen (secondary N) is 1. The van der Waals surface area contributed by atoms with Crippen LogP contribution in [0, 0.1) is 13.8 Å². The van der Waals surface area contributed by atoms with Crippen LogP contribution >= 0.6 is 11.3 Å². The standard InChI is InChI=1S/C24H22N2O2S/c1-4-17-10-12-18(13-11-17)26-23(27)21(20-9-6-14-29-20)22(24(26)28)25-19-8-5-7-15(2)16(19)3/h5-14,25H,4H2,1-3H3. The first-order chi connectivity index (χ1) is 14.0. The lowest BCUT2D eigenvalue weighted by atomic mass is 10.1. The van der Waals surface area contributed by atoms with Crippen molar-refractivity contribution in [3.8, 4) is 0 Å². The Labute approximate surface area is 174 Å². The van der Waals surface area contributed by atoms with Crippen LogP contribution < -0.4 is 10.2 Å². The number of thiophene rings is 1. The van der Waals surface area contributed by atoms with Crippen LogP contribution in [-0.4, -0.2) is 11.8 Å². The number of hydrogen-bond donors (Lipinski definition) is 1. The second-order valence-corrected chi connectivity index (χ2v) is 8.01. The van der Waals surface area contributed by atoms with Crippen molar-refractivity contribution < 1.29 is 9.59 Å². The zero-order valence-electron chi connectivity index (χ0n) is 16.7. The van der Waals surface area contributed by atoms with E-state index < -0.39 is 0 Å². The minimum Gasteiger partial charge on any atom is -0.350 e. The maximum Gasteiger partial charge on any atom is 0.282 e. The fourth-order valence-electron chi connectivity index (χ4n) is 3.43. The minimum absolute atomic E-state index is 0.297. The van der Waals surface area contributed by atoms with E-state index in [9.17, 15) is 9.59 Å². The quantitative estimate of drug-likeness (QED) is 0.587. The molecule has 29 heavy (non-hydrogen) atoms. The molecular weight excluding hydrogens is 380 g/mol. The fraction of sp³-hybridized carbons (Fsp3) is 0.167. The molecule has 0 atom stereocenters. The number of imide groups is 1. The van der Waals surface area contributed by atoms with Gasteiger partial charge in [-0.1, -0.05) is 37.3 Å². The van der Waals surface area contributed by atoms with Crippen LogP contribution in [-0.2, 0) is 16.0 Å². The van der Waals surface area contributed by atoms with Gasteiger partial charge in [0.25, 0.3) is 11.8 Å². The summed E-state index contributed by atoms with van der Waals surface area (Å²) >= 11 is 1.45. The van der Waals surface area contributed by atoms with E-state index in [1.807, 2.05) is 73.8 Å². The molecule has 4 nitrogen and oxygen atoms in total. The Bertz CT molecular complexity index is 1110. The van der Waals surface area contributed by atoms with Crippen LogP contribution in [0.15, 0.2) is 65.7 Å². The summed E-state index contributed by atoms with van der Waals surface area (Å²) in [7, 11) is 0. The number of aryl methyl sites for hydroxylation is 2. The number of benzene rings is 2. The molecule has 1 aliphatic rings. The molecule has 0 saturated carbocycles. The molecule has 4 rings (SSSR count). The van der Waals surface area contributed by atoms with E-state index in [2.05, 4.69) is 12.2 Å². The molecular formula is C24H22N2O2S. The van der Waals surface area contributed by atoms with Crippen molar-refractivity contribution in [3.05, 3.63) is 87.2 Å². The van der Waals surface area contributed by atoms with Crippen molar-refractivity contribution in [1.82, 2.24) is 0 Å². The summed E-state index contributed by atoms with van der Waals surface area (Å²) in [4.78, 5) is 28.7. The van der Waals surface area contributed by atoms with Crippen molar-refractivity contribution >= 4 is 40.1 Å². The highest BCUT2D eigenvalue weighted by Gasteiger charge is 2.40. The topological polar surface area (TPSA) is 49.4 Å². The van der Waals surface area contributed by atoms with Gasteiger partial charge in [0.2, 0.25) is 0 Å². The molecule has 2 amide bonds. The maximum atomic E-state index is 13.4. The molecule has 0 radical (unpaired) electrons. The van der Waals surface area contributed by atoms with Gasteiger partial charge in [0, 0.05) is 10.6 Å². The first-order valence-corrected chi connectivity index (χ1v) is 10.5. The average molecular weight is 403 g/mol. The lowest BCUT2D eigenvalue weighted by Gasteiger charge is -2.16. The van der Waals surface area contributed by atoms with Crippen LogP contribution in [0.2, 0.25) is 0 Å². The van der Waals surface area contributed by atoms with Crippen molar-refractivity contribution in [1.29, 1.82) is 0 Å². The van der Waals surface area contributed by atoms with Gasteiger partial charge < -0.3 is 5.32 Å². The highest BCUT2D eigenvalue weighted by atomic mass is 32.1. The van der Waals surface area contributed by atoms with Gasteiger partial charge in [-0.2, -0.15) is 0 Å². The second kappa shape index (κ2) is 7.68. The highest BCUT2D eigenvalue weighted by Crippen LogP contribution is 2.36. The molecule has 146 valence electrons. The molecule has 0 fully saturated rings. The van der Waals surface area contributed by atoms with Crippen molar-refractivity contribution in [3.63, 3.8) is 0 Å². The number of nitrogens with zero attached hydrogens (tertiary/aromatic N) is 1. The number of carbonyl (C=O) groups excluding carboxylic acids is 2. The predicted molar refractivity (Wildman–Crippen MR) is 119 cm³/mol. The lowest BCUT2D eigenvalue weighted by molar-refractivity contribution is -0.120. The SMILES string of the molecule is CCc1ccc(N2C(=O)C(Nc3cccc(C)c3C)=C(c3cccs3)C2=O)cc1. The molecule has 2 heterocycles. The van der Waals surface area contributed by atoms with Crippen LogP contribution in [0.5, 0.6) is 0 Å². The third kappa shape index (κ3) is 3.38. The molecule has 5 heteroatoms. The third-order valence-corrected chi connectivity index (χ3v) is 6.21. The lowest BCUT2D eigenvalue weighted by Crippen LogP contribution is -2.32. The smallest absolute Gasteiger partial charge is 0.282 e. The summed E-state index contributed by atoms with van der Waals surface area (Å²) in [6.07, 6.45) is 0.903. The Balaban J connectivity index is 1.79. The minimum atomic E-state index is -0.330. The van der Waals surface area contributed by atoms with E-state index in [0.29, 0.717) is 17.0 Å². The molecule has 0 bridgehead atoms. The van der Waals surface area contributed by atoms with E-state index in [0.717, 1.165) is 33.7 Å². The predicted octanol–water partition coefficient (Wildman–Crippen LogP) is 5.32. The summed E-state index contributed by atoms with van der Waals surface area (Å²) in [6.45, 7) is 6.10. The number of amides is 2. The number of anilines is 2. The van der Waals surface area contributed by atoms with E-state index >= 15 is 0 Å². The van der Waals surface area contributed by atoms with Gasteiger partial charge in [-0.3, -0.25) is 9.59 Å². The van der Waals surface area contributed by atoms with Crippen molar-refractivity contribution in [2.24, 2.45) is 0 Å². The summed E-state index contributed by atoms with van der Waals surface area (Å²) in [6, 6.07) is 17.2. The molecule has 1 N–H and O–H groups in total. The highest BCUT2D eigenvalue weighted by molar-refractivity contribution is 7.11. The van der Waals surface area contributed by atoms with Gasteiger partial charge >= 0.3 is 0 Å². The van der Waals surface area contributed by atoms with Gasteiger partial charge in [-0.05, 0) is 66.6 Å². The van der Waals surface area contributed by atoms with E-state index in [4.69, 9.17) is 0 Å². The second-order valence-electron chi connectivity index (χ2n) is 7.07. The van der Waals surface area contributed by atoms with Crippen LogP contribution in [0.3, 0.4) is 0 Å². The van der Waals surface area contributed by atoms with Gasteiger partial charge in [-0.25, -0.2) is 4.90 Å². The summed E-state index contributed by atoms with van der Waals surface area (Å²) in [5, 5.41) is 5.18. The van der Waals surface area contributed by atoms with Crippen LogP contribution in [0.25, 0.3) is 5.57 Å². The average Bonchev–Trinajstić information content (AvgIpc) is 3.32. The van der Waals surface area contributed by atoms with Crippen molar-refractivity contribution in [2.45, 2.75) is 27.2 Å². The zero-order chi connectivity index (χ0) is 20.5. The Morgan fingerprint density at radius 2 is 1.69 bits per heavy atom. The fourth-order valence-corrected chi connectivity index (χ4v) is 4.20. The molecule has 1 aromatic heterocycles. The number of rotatable bonds is 5. The largest absolute Gasteiger partial charge is 0.350 e. The molecule has 2 aromatic carbocycles. The Hall–Kier alpha value is -3.18. The maximum absolute atomic E-state index is 13.4. The molecule has 0 spiro atoms. The molecule has 0 aliphatic carbocycles. The molecule has 1 aliphatic heterocycles. The van der Waals surface area contributed by atoms with Gasteiger partial charge in [-0.15, -0.1) is 11.3 Å². The summed E-state index contributed by atoms with van der Waals surface area (Å²) < 4.78 is 0. The third-order valence-electron chi connectivity index (χ3n) is 5.32. The van der Waals surface area contributed by atoms with Crippen molar-refractivity contribution in [2.75, 3.05) is 10.2 Å². The van der Waals surface area contributed by atoms with E-state index in [-0.39, 0.29) is 11.8 Å². The number of carbonyl (C=O) groups is 2. The Kier molecular flexibility index (Phi) is 5.07. The summed E-state index contributed by atoms with van der Waals surface area (Å²) in [5.41, 5.74) is 5.50. The molecule has 0 saturated heterocycles.